The summed E-state index contributed by atoms with van der Waals surface area (Å²) in [4.78, 5) is 49.3. The van der Waals surface area contributed by atoms with Gasteiger partial charge in [-0.1, -0.05) is 79.2 Å². The van der Waals surface area contributed by atoms with Crippen molar-refractivity contribution < 1.29 is 24.2 Å². The minimum atomic E-state index is -1.31. The first kappa shape index (κ1) is 31.7. The highest BCUT2D eigenvalue weighted by molar-refractivity contribution is 6.00. The summed E-state index contributed by atoms with van der Waals surface area (Å²) in [6.45, 7) is 19.9. The lowest BCUT2D eigenvalue weighted by atomic mass is 9.72. The van der Waals surface area contributed by atoms with E-state index in [9.17, 15) is 19.5 Å². The number of hydrogen-bond acceptors (Lipinski definition) is 5. The molecule has 0 aliphatic carbocycles. The largest absolute Gasteiger partial charge is 0.394 e. The van der Waals surface area contributed by atoms with E-state index in [2.05, 4.69) is 34.6 Å². The molecule has 230 valence electrons. The Morgan fingerprint density at radius 1 is 0.976 bits per heavy atom. The molecule has 0 aromatic carbocycles. The Kier molecular flexibility index (Phi) is 8.63. The zero-order valence-corrected chi connectivity index (χ0v) is 26.8. The maximum atomic E-state index is 14.9. The van der Waals surface area contributed by atoms with Gasteiger partial charge in [0.15, 0.2) is 0 Å². The summed E-state index contributed by atoms with van der Waals surface area (Å²) in [7, 11) is 0. The molecular weight excluding hydrogens is 518 g/mol. The van der Waals surface area contributed by atoms with Crippen LogP contribution in [0.15, 0.2) is 24.3 Å². The minimum absolute atomic E-state index is 0.0289. The minimum Gasteiger partial charge on any atom is -0.394 e. The number of aliphatic hydroxyl groups excluding tert-OH is 1. The van der Waals surface area contributed by atoms with E-state index in [4.69, 9.17) is 4.74 Å². The number of hydrogen-bond donors (Lipinski definition) is 1. The Hall–Kier alpha value is -2.19. The van der Waals surface area contributed by atoms with Gasteiger partial charge in [-0.2, -0.15) is 0 Å². The van der Waals surface area contributed by atoms with E-state index in [1.54, 1.807) is 4.90 Å². The van der Waals surface area contributed by atoms with Crippen LogP contribution in [-0.2, 0) is 19.1 Å². The molecule has 4 aliphatic heterocycles. The highest BCUT2D eigenvalue weighted by Crippen LogP contribution is 2.59. The van der Waals surface area contributed by atoms with E-state index in [1.165, 1.54) is 0 Å². The van der Waals surface area contributed by atoms with E-state index in [0.29, 0.717) is 26.1 Å². The van der Waals surface area contributed by atoms with Gasteiger partial charge >= 0.3 is 0 Å². The van der Waals surface area contributed by atoms with Crippen LogP contribution in [0.1, 0.15) is 88.0 Å². The van der Waals surface area contributed by atoms with Crippen molar-refractivity contribution in [3.05, 3.63) is 24.3 Å². The van der Waals surface area contributed by atoms with E-state index >= 15 is 0 Å². The van der Waals surface area contributed by atoms with Crippen LogP contribution in [0.4, 0.5) is 0 Å². The molecule has 0 bridgehead atoms. The van der Waals surface area contributed by atoms with E-state index in [0.717, 1.165) is 19.3 Å². The molecule has 8 nitrogen and oxygen atoms in total. The van der Waals surface area contributed by atoms with Crippen molar-refractivity contribution in [2.45, 2.75) is 117 Å². The maximum Gasteiger partial charge on any atom is 0.249 e. The highest BCUT2D eigenvalue weighted by atomic mass is 16.5. The molecule has 8 heteroatoms. The fourth-order valence-electron chi connectivity index (χ4n) is 8.33. The molecular formula is C33H53N3O5. The summed E-state index contributed by atoms with van der Waals surface area (Å²) in [5, 5.41) is 10.7. The third kappa shape index (κ3) is 5.07. The number of fused-ring (bicyclic) bond motifs is 2. The zero-order chi connectivity index (χ0) is 30.5. The van der Waals surface area contributed by atoms with Crippen molar-refractivity contribution in [2.75, 3.05) is 26.2 Å². The molecule has 0 aromatic heterocycles. The Bertz CT molecular complexity index is 1090. The summed E-state index contributed by atoms with van der Waals surface area (Å²) >= 11 is 0. The number of ether oxygens (including phenoxy) is 1. The summed E-state index contributed by atoms with van der Waals surface area (Å²) < 4.78 is 7.10. The molecule has 2 saturated heterocycles. The molecule has 3 amide bonds. The molecule has 0 radical (unpaired) electrons. The molecule has 2 fully saturated rings. The fourth-order valence-corrected chi connectivity index (χ4v) is 8.33. The van der Waals surface area contributed by atoms with Gasteiger partial charge in [0.05, 0.1) is 30.1 Å². The standard InChI is InChI=1S/C33H53N3O5/c1-10-17-34-18-13-15-32(12-3)24(27(34)38)25-28(39)36(23(20-37)22(4)11-2)26-29(40)35(19-14-16-33(25,26)41-32)31(8,9)21-30(5,6)7/h13-16,22-26,37H,10-12,17-21H2,1-9H3/t22-,23-,24-,25-,26?,32+,33-/m0/s1. The first-order chi connectivity index (χ1) is 19.1. The SMILES string of the molecule is CCCN1CC=C[C@@]2(CC)O[C@]34C=CCN(C(C)(C)CC(C)(C)C)C(=O)C3N([C@@H](CO)[C@@H](C)CC)C(=O)[C@@H]4[C@H]2C1=O. The van der Waals surface area contributed by atoms with Crippen LogP contribution in [0, 0.1) is 23.2 Å². The Morgan fingerprint density at radius 2 is 1.63 bits per heavy atom. The topological polar surface area (TPSA) is 90.4 Å². The molecule has 4 rings (SSSR count). The molecule has 4 heterocycles. The third-order valence-electron chi connectivity index (χ3n) is 9.99. The molecule has 1 spiro atoms. The highest BCUT2D eigenvalue weighted by Gasteiger charge is 2.76. The van der Waals surface area contributed by atoms with Crippen LogP contribution in [0.3, 0.4) is 0 Å². The van der Waals surface area contributed by atoms with Crippen molar-refractivity contribution in [3.63, 3.8) is 0 Å². The normalized spacial score (nSPS) is 33.5. The molecule has 41 heavy (non-hydrogen) atoms. The summed E-state index contributed by atoms with van der Waals surface area (Å²) in [6.07, 6.45) is 10.7. The van der Waals surface area contributed by atoms with Crippen LogP contribution in [0.2, 0.25) is 0 Å². The number of carbonyl (C=O) groups is 3. The van der Waals surface area contributed by atoms with Gasteiger partial charge in [0.25, 0.3) is 0 Å². The van der Waals surface area contributed by atoms with E-state index in [1.807, 2.05) is 61.8 Å². The monoisotopic (exact) mass is 571 g/mol. The Labute approximate surface area is 247 Å². The van der Waals surface area contributed by atoms with Crippen molar-refractivity contribution >= 4 is 17.7 Å². The van der Waals surface area contributed by atoms with Gasteiger partial charge in [-0.05, 0) is 44.4 Å². The number of nitrogens with zero attached hydrogens (tertiary/aromatic N) is 3. The van der Waals surface area contributed by atoms with Gasteiger partial charge in [-0.3, -0.25) is 14.4 Å². The smallest absolute Gasteiger partial charge is 0.249 e. The number of likely N-dealkylation sites (tertiary alicyclic amines) is 1. The number of amides is 3. The predicted octanol–water partition coefficient (Wildman–Crippen LogP) is 4.18. The Morgan fingerprint density at radius 3 is 2.20 bits per heavy atom. The van der Waals surface area contributed by atoms with Crippen LogP contribution in [-0.4, -0.2) is 92.6 Å². The molecule has 7 atom stereocenters. The van der Waals surface area contributed by atoms with Crippen molar-refractivity contribution in [1.29, 1.82) is 0 Å². The number of rotatable bonds is 9. The lowest BCUT2D eigenvalue weighted by molar-refractivity contribution is -0.161. The van der Waals surface area contributed by atoms with Crippen molar-refractivity contribution in [1.82, 2.24) is 14.7 Å². The summed E-state index contributed by atoms with van der Waals surface area (Å²) in [6, 6.07) is -1.54. The maximum absolute atomic E-state index is 14.9. The van der Waals surface area contributed by atoms with Crippen LogP contribution >= 0.6 is 0 Å². The fraction of sp³-hybridized carbons (Fsp3) is 0.788. The first-order valence-corrected chi connectivity index (χ1v) is 15.7. The molecule has 0 saturated carbocycles. The second-order valence-electron chi connectivity index (χ2n) is 14.6. The lowest BCUT2D eigenvalue weighted by Crippen LogP contribution is -2.62. The lowest BCUT2D eigenvalue weighted by Gasteiger charge is -2.46. The van der Waals surface area contributed by atoms with Crippen LogP contribution < -0.4 is 0 Å². The van der Waals surface area contributed by atoms with Gasteiger partial charge in [-0.15, -0.1) is 0 Å². The van der Waals surface area contributed by atoms with Crippen LogP contribution in [0.25, 0.3) is 0 Å². The Balaban J connectivity index is 1.93. The second kappa shape index (κ2) is 11.1. The van der Waals surface area contributed by atoms with Crippen molar-refractivity contribution in [3.8, 4) is 0 Å². The molecule has 1 unspecified atom stereocenters. The zero-order valence-electron chi connectivity index (χ0n) is 26.8. The predicted molar refractivity (Wildman–Crippen MR) is 160 cm³/mol. The molecule has 0 aromatic rings. The summed E-state index contributed by atoms with van der Waals surface area (Å²) in [5.74, 6) is -2.18. The number of carbonyl (C=O) groups excluding carboxylic acids is 3. The molecule has 1 N–H and O–H groups in total. The van der Waals surface area contributed by atoms with E-state index in [-0.39, 0.29) is 35.7 Å². The van der Waals surface area contributed by atoms with Crippen molar-refractivity contribution in [2.24, 2.45) is 23.2 Å². The average molecular weight is 572 g/mol. The van der Waals surface area contributed by atoms with Gasteiger partial charge in [0.1, 0.15) is 11.6 Å². The van der Waals surface area contributed by atoms with Gasteiger partial charge in [0, 0.05) is 25.2 Å². The van der Waals surface area contributed by atoms with Gasteiger partial charge in [-0.25, -0.2) is 0 Å². The number of aliphatic hydroxyl groups is 1. The summed E-state index contributed by atoms with van der Waals surface area (Å²) in [5.41, 5.74) is -2.82. The molecule has 4 aliphatic rings. The average Bonchev–Trinajstić information content (AvgIpc) is 3.17. The second-order valence-corrected chi connectivity index (χ2v) is 14.6. The van der Waals surface area contributed by atoms with E-state index < -0.39 is 40.7 Å². The quantitative estimate of drug-likeness (QED) is 0.420. The first-order valence-electron chi connectivity index (χ1n) is 15.7. The van der Waals surface area contributed by atoms with Gasteiger partial charge in [0.2, 0.25) is 17.7 Å². The third-order valence-corrected chi connectivity index (χ3v) is 9.99. The van der Waals surface area contributed by atoms with Gasteiger partial charge < -0.3 is 24.5 Å². The van der Waals surface area contributed by atoms with Crippen LogP contribution in [0.5, 0.6) is 0 Å².